The number of allylic oxidation sites excluding steroid dienone is 1. The van der Waals surface area contributed by atoms with Crippen LogP contribution in [0, 0.1) is 18.2 Å². The molecule has 1 aromatic heterocycles. The number of aromatic nitrogens is 3. The lowest BCUT2D eigenvalue weighted by Crippen LogP contribution is -2.25. The Morgan fingerprint density at radius 2 is 2.08 bits per heavy atom. The van der Waals surface area contributed by atoms with Gasteiger partial charge < -0.3 is 4.57 Å². The lowest BCUT2D eigenvalue weighted by molar-refractivity contribution is 0.574. The normalized spacial score (nSPS) is 11.2. The molecule has 0 fully saturated rings. The van der Waals surface area contributed by atoms with E-state index < -0.39 is 15.8 Å². The van der Waals surface area contributed by atoms with Crippen LogP contribution in [0.5, 0.6) is 0 Å². The molecule has 1 N–H and O–H groups in total. The summed E-state index contributed by atoms with van der Waals surface area (Å²) in [4.78, 5) is -0.0272. The van der Waals surface area contributed by atoms with Crippen molar-refractivity contribution in [2.24, 2.45) is 0 Å². The summed E-state index contributed by atoms with van der Waals surface area (Å²) in [6, 6.07) is 4.56. The van der Waals surface area contributed by atoms with E-state index in [4.69, 9.17) is 6.42 Å². The largest absolute Gasteiger partial charge is 0.301 e. The molecule has 0 unspecified atom stereocenters. The number of nitrogens with zero attached hydrogens (tertiary/aromatic N) is 3. The van der Waals surface area contributed by atoms with Gasteiger partial charge in [0.25, 0.3) is 0 Å². The van der Waals surface area contributed by atoms with Crippen molar-refractivity contribution in [3.63, 3.8) is 0 Å². The topological polar surface area (TPSA) is 76.9 Å². The predicted octanol–water partition coefficient (Wildman–Crippen LogP) is 1.81. The maximum Gasteiger partial charge on any atom is 0.240 e. The Morgan fingerprint density at radius 3 is 2.71 bits per heavy atom. The number of sulfonamides is 1. The lowest BCUT2D eigenvalue weighted by Gasteiger charge is -2.09. The number of hydrogen-bond donors (Lipinski definition) is 1. The summed E-state index contributed by atoms with van der Waals surface area (Å²) in [6.45, 7) is 4.03. The number of thioether (sulfide) groups is 1. The van der Waals surface area contributed by atoms with E-state index in [9.17, 15) is 12.8 Å². The van der Waals surface area contributed by atoms with Gasteiger partial charge in [-0.05, 0) is 24.3 Å². The van der Waals surface area contributed by atoms with Crippen molar-refractivity contribution < 1.29 is 12.8 Å². The maximum atomic E-state index is 12.9. The highest BCUT2D eigenvalue weighted by atomic mass is 32.2. The van der Waals surface area contributed by atoms with E-state index >= 15 is 0 Å². The number of rotatable bonds is 8. The van der Waals surface area contributed by atoms with Gasteiger partial charge in [0.05, 0.1) is 17.2 Å². The second-order valence-corrected chi connectivity index (χ2v) is 7.28. The zero-order valence-corrected chi connectivity index (χ0v) is 14.3. The fourth-order valence-corrected chi connectivity index (χ4v) is 3.46. The molecule has 0 aliphatic rings. The summed E-state index contributed by atoms with van der Waals surface area (Å²) in [6.07, 6.45) is 6.89. The quantitative estimate of drug-likeness (QED) is 0.438. The summed E-state index contributed by atoms with van der Waals surface area (Å²) >= 11 is 1.33. The second-order valence-electron chi connectivity index (χ2n) is 4.57. The number of terminal acetylenes is 1. The van der Waals surface area contributed by atoms with Crippen molar-refractivity contribution in [1.29, 1.82) is 0 Å². The summed E-state index contributed by atoms with van der Waals surface area (Å²) in [7, 11) is -3.78. The molecule has 9 heteroatoms. The van der Waals surface area contributed by atoms with Gasteiger partial charge in [0.1, 0.15) is 11.6 Å². The molecule has 0 saturated heterocycles. The van der Waals surface area contributed by atoms with Crippen LogP contribution in [-0.4, -0.2) is 28.9 Å². The molecule has 0 aliphatic carbocycles. The third-order valence-corrected chi connectivity index (χ3v) is 5.22. The molecule has 0 saturated carbocycles. The smallest absolute Gasteiger partial charge is 0.240 e. The number of benzene rings is 1. The highest BCUT2D eigenvalue weighted by Crippen LogP contribution is 2.17. The highest BCUT2D eigenvalue weighted by molar-refractivity contribution is 7.99. The first-order valence-electron chi connectivity index (χ1n) is 6.82. The molecule has 1 heterocycles. The molecule has 24 heavy (non-hydrogen) atoms. The summed E-state index contributed by atoms with van der Waals surface area (Å²) in [5.41, 5.74) is 0. The Hall–Kier alpha value is -2.15. The minimum Gasteiger partial charge on any atom is -0.301 e. The molecule has 0 radical (unpaired) electrons. The van der Waals surface area contributed by atoms with Crippen molar-refractivity contribution in [2.45, 2.75) is 23.1 Å². The van der Waals surface area contributed by atoms with Crippen LogP contribution in [0.25, 0.3) is 0 Å². The van der Waals surface area contributed by atoms with E-state index in [1.54, 1.807) is 10.6 Å². The molecule has 126 valence electrons. The van der Waals surface area contributed by atoms with Crippen LogP contribution >= 0.6 is 11.8 Å². The van der Waals surface area contributed by atoms with Gasteiger partial charge in [0.15, 0.2) is 5.16 Å². The molecule has 2 aromatic rings. The number of hydrogen-bond acceptors (Lipinski definition) is 5. The van der Waals surface area contributed by atoms with Crippen LogP contribution in [0.1, 0.15) is 5.82 Å². The SMILES string of the molecule is C#CCSc1nnc(CNS(=O)(=O)c2ccc(F)cc2)n1CC=C. The van der Waals surface area contributed by atoms with Crippen molar-refractivity contribution in [3.8, 4) is 12.3 Å². The molecule has 1 aromatic carbocycles. The minimum atomic E-state index is -3.78. The maximum absolute atomic E-state index is 12.9. The van der Waals surface area contributed by atoms with Crippen molar-refractivity contribution in [1.82, 2.24) is 19.5 Å². The van der Waals surface area contributed by atoms with Gasteiger partial charge in [-0.3, -0.25) is 0 Å². The zero-order valence-electron chi connectivity index (χ0n) is 12.6. The van der Waals surface area contributed by atoms with Gasteiger partial charge >= 0.3 is 0 Å². The zero-order chi connectivity index (χ0) is 17.6. The fraction of sp³-hybridized carbons (Fsp3) is 0.200. The molecule has 0 atom stereocenters. The van der Waals surface area contributed by atoms with Crippen LogP contribution in [0.2, 0.25) is 0 Å². The molecule has 0 amide bonds. The molecule has 2 rings (SSSR count). The Balaban J connectivity index is 2.16. The predicted molar refractivity (Wildman–Crippen MR) is 90.2 cm³/mol. The van der Waals surface area contributed by atoms with E-state index in [1.165, 1.54) is 23.9 Å². The van der Waals surface area contributed by atoms with E-state index in [-0.39, 0.29) is 11.4 Å². The minimum absolute atomic E-state index is 0.0272. The first kappa shape index (κ1) is 18.2. The van der Waals surface area contributed by atoms with E-state index in [1.807, 2.05) is 0 Å². The number of halogens is 1. The molecule has 6 nitrogen and oxygen atoms in total. The molecular formula is C15H15FN4O2S2. The van der Waals surface area contributed by atoms with Crippen LogP contribution in [0.4, 0.5) is 4.39 Å². The van der Waals surface area contributed by atoms with E-state index in [2.05, 4.69) is 27.4 Å². The fourth-order valence-electron chi connectivity index (χ4n) is 1.83. The highest BCUT2D eigenvalue weighted by Gasteiger charge is 2.17. The van der Waals surface area contributed by atoms with E-state index in [0.717, 1.165) is 12.1 Å². The Kier molecular flexibility index (Phi) is 6.14. The Morgan fingerprint density at radius 1 is 1.38 bits per heavy atom. The van der Waals surface area contributed by atoms with Gasteiger partial charge in [-0.25, -0.2) is 17.5 Å². The van der Waals surface area contributed by atoms with Crippen LogP contribution in [0.3, 0.4) is 0 Å². The monoisotopic (exact) mass is 366 g/mol. The third-order valence-electron chi connectivity index (χ3n) is 2.93. The van der Waals surface area contributed by atoms with Crippen LogP contribution in [-0.2, 0) is 23.1 Å². The average molecular weight is 366 g/mol. The van der Waals surface area contributed by atoms with Crippen molar-refractivity contribution in [2.75, 3.05) is 5.75 Å². The Bertz CT molecular complexity index is 855. The van der Waals surface area contributed by atoms with Gasteiger partial charge in [-0.2, -0.15) is 0 Å². The summed E-state index contributed by atoms with van der Waals surface area (Å²) < 4.78 is 41.5. The molecular weight excluding hydrogens is 351 g/mol. The van der Waals surface area contributed by atoms with Gasteiger partial charge in [0, 0.05) is 6.54 Å². The molecule has 0 aliphatic heterocycles. The molecule has 0 spiro atoms. The van der Waals surface area contributed by atoms with Gasteiger partial charge in [-0.15, -0.1) is 23.2 Å². The first-order chi connectivity index (χ1) is 11.5. The van der Waals surface area contributed by atoms with Gasteiger partial charge in [-0.1, -0.05) is 23.8 Å². The Labute approximate surface area is 144 Å². The third kappa shape index (κ3) is 4.44. The molecule has 0 bridgehead atoms. The average Bonchev–Trinajstić information content (AvgIpc) is 2.94. The van der Waals surface area contributed by atoms with Crippen LogP contribution < -0.4 is 4.72 Å². The van der Waals surface area contributed by atoms with Crippen LogP contribution in [0.15, 0.2) is 47.0 Å². The van der Waals surface area contributed by atoms with Crippen molar-refractivity contribution >= 4 is 21.8 Å². The number of nitrogens with one attached hydrogen (secondary N) is 1. The van der Waals surface area contributed by atoms with E-state index in [0.29, 0.717) is 23.3 Å². The van der Waals surface area contributed by atoms with Gasteiger partial charge in [0.2, 0.25) is 10.0 Å². The second kappa shape index (κ2) is 8.10. The standard InChI is InChI=1S/C15H15FN4O2S2/c1-3-9-20-14(18-19-15(20)23-10-4-2)11-17-24(21,22)13-7-5-12(16)6-8-13/h2-3,5-8,17H,1,9-11H2. The summed E-state index contributed by atoms with van der Waals surface area (Å²) in [5.74, 6) is 2.84. The summed E-state index contributed by atoms with van der Waals surface area (Å²) in [5, 5.41) is 8.58. The van der Waals surface area contributed by atoms with Crippen molar-refractivity contribution in [3.05, 3.63) is 48.6 Å². The lowest BCUT2D eigenvalue weighted by atomic mass is 10.4. The first-order valence-corrected chi connectivity index (χ1v) is 9.29.